The van der Waals surface area contributed by atoms with Crippen molar-refractivity contribution in [1.29, 1.82) is 0 Å². The van der Waals surface area contributed by atoms with Crippen molar-refractivity contribution in [2.24, 2.45) is 0 Å². The number of fused-ring (bicyclic) bond motifs is 3. The first-order valence-corrected chi connectivity index (χ1v) is 13.6. The fourth-order valence-electron chi connectivity index (χ4n) is 5.08. The van der Waals surface area contributed by atoms with Gasteiger partial charge in [-0.3, -0.25) is 9.80 Å². The summed E-state index contributed by atoms with van der Waals surface area (Å²) in [5.41, 5.74) is 2.72. The third kappa shape index (κ3) is 6.61. The summed E-state index contributed by atoms with van der Waals surface area (Å²) in [5.74, 6) is 0. The molecule has 0 aliphatic carbocycles. The molecule has 1 N–H and O–H groups in total. The van der Waals surface area contributed by atoms with Gasteiger partial charge in [-0.2, -0.15) is 0 Å². The van der Waals surface area contributed by atoms with E-state index in [-0.39, 0.29) is 0 Å². The molecule has 4 heterocycles. The second kappa shape index (κ2) is 11.2. The average Bonchev–Trinajstić information content (AvgIpc) is 3.53. The van der Waals surface area contributed by atoms with Crippen LogP contribution >= 0.6 is 11.3 Å². The number of benzene rings is 1. The highest BCUT2D eigenvalue weighted by molar-refractivity contribution is 7.11. The van der Waals surface area contributed by atoms with E-state index < -0.39 is 5.67 Å². The predicted octanol–water partition coefficient (Wildman–Crippen LogP) is 6.66. The predicted molar refractivity (Wildman–Crippen MR) is 142 cm³/mol. The molecule has 2 aliphatic heterocycles. The standard InChI is InChI=1S/C16H21FN2.C12H19NOS/c1-11-8-13-12-6-4-5-7-14(12)18-15(13)9-19(11)10-16(2,3)17;1-2-3-7-13-8-6-11(10-13)14-12-5-4-9-15-12/h4-7,11,18H,8-10H2,1-3H3;4-5,9,11H,2-3,6-8,10H2,1H3. The fourth-order valence-corrected chi connectivity index (χ4v) is 5.72. The molecule has 1 fully saturated rings. The second-order valence-corrected chi connectivity index (χ2v) is 11.3. The lowest BCUT2D eigenvalue weighted by Crippen LogP contribution is -2.44. The summed E-state index contributed by atoms with van der Waals surface area (Å²) in [5, 5.41) is 4.46. The summed E-state index contributed by atoms with van der Waals surface area (Å²) < 4.78 is 19.8. The van der Waals surface area contributed by atoms with Crippen LogP contribution < -0.4 is 4.74 Å². The number of unbranched alkanes of at least 4 members (excludes halogenated alkanes) is 1. The zero-order valence-electron chi connectivity index (χ0n) is 21.1. The number of rotatable bonds is 7. The highest BCUT2D eigenvalue weighted by Gasteiger charge is 2.30. The van der Waals surface area contributed by atoms with E-state index in [4.69, 9.17) is 4.74 Å². The first kappa shape index (κ1) is 25.2. The second-order valence-electron chi connectivity index (χ2n) is 10.4. The molecule has 0 amide bonds. The van der Waals surface area contributed by atoms with Gasteiger partial charge in [-0.1, -0.05) is 31.5 Å². The number of alkyl halides is 1. The molecule has 2 aliphatic rings. The molecule has 0 spiro atoms. The summed E-state index contributed by atoms with van der Waals surface area (Å²) in [6.45, 7) is 12.6. The van der Waals surface area contributed by atoms with E-state index in [0.29, 0.717) is 18.7 Å². The number of para-hydroxylation sites is 1. The lowest BCUT2D eigenvalue weighted by atomic mass is 9.96. The minimum absolute atomic E-state index is 0.390. The van der Waals surface area contributed by atoms with E-state index in [1.807, 2.05) is 6.07 Å². The molecule has 2 atom stereocenters. The van der Waals surface area contributed by atoms with E-state index in [1.54, 1.807) is 25.2 Å². The maximum absolute atomic E-state index is 13.9. The van der Waals surface area contributed by atoms with Crippen LogP contribution in [0.1, 0.15) is 58.2 Å². The quantitative estimate of drug-likeness (QED) is 0.406. The molecule has 0 radical (unpaired) electrons. The van der Waals surface area contributed by atoms with Gasteiger partial charge in [0.1, 0.15) is 11.8 Å². The van der Waals surface area contributed by atoms with Gasteiger partial charge in [0.15, 0.2) is 5.06 Å². The molecule has 1 aromatic carbocycles. The van der Waals surface area contributed by atoms with Gasteiger partial charge in [-0.25, -0.2) is 4.39 Å². The molecule has 1 saturated heterocycles. The lowest BCUT2D eigenvalue weighted by Gasteiger charge is -2.36. The van der Waals surface area contributed by atoms with Gasteiger partial charge in [0.25, 0.3) is 0 Å². The van der Waals surface area contributed by atoms with Crippen LogP contribution in [0.3, 0.4) is 0 Å². The maximum Gasteiger partial charge on any atom is 0.174 e. The number of aromatic nitrogens is 1. The Morgan fingerprint density at radius 1 is 1.21 bits per heavy atom. The Labute approximate surface area is 208 Å². The SMILES string of the molecule is CC1Cc2c([nH]c3ccccc23)CN1CC(C)(C)F.CCCCN1CCC(Oc2cccs2)C1. The monoisotopic (exact) mass is 485 g/mol. The topological polar surface area (TPSA) is 31.5 Å². The van der Waals surface area contributed by atoms with Crippen molar-refractivity contribution in [3.63, 3.8) is 0 Å². The van der Waals surface area contributed by atoms with E-state index in [9.17, 15) is 4.39 Å². The molecule has 4 nitrogen and oxygen atoms in total. The number of thiophene rings is 1. The molecule has 5 rings (SSSR count). The zero-order chi connectivity index (χ0) is 24.1. The normalized spacial score (nSPS) is 21.3. The Hall–Kier alpha value is -1.89. The van der Waals surface area contributed by atoms with Gasteiger partial charge >= 0.3 is 0 Å². The number of hydrogen-bond acceptors (Lipinski definition) is 4. The van der Waals surface area contributed by atoms with Crippen molar-refractivity contribution >= 4 is 22.2 Å². The van der Waals surface area contributed by atoms with Gasteiger partial charge in [0.2, 0.25) is 0 Å². The van der Waals surface area contributed by atoms with Crippen LogP contribution in [0, 0.1) is 0 Å². The van der Waals surface area contributed by atoms with Crippen molar-refractivity contribution in [3.05, 3.63) is 53.0 Å². The minimum atomic E-state index is -1.14. The maximum atomic E-state index is 13.9. The van der Waals surface area contributed by atoms with Crippen LogP contribution in [-0.4, -0.2) is 58.8 Å². The first-order chi connectivity index (χ1) is 16.3. The molecular weight excluding hydrogens is 445 g/mol. The van der Waals surface area contributed by atoms with E-state index in [1.165, 1.54) is 54.5 Å². The lowest BCUT2D eigenvalue weighted by molar-refractivity contribution is 0.0853. The largest absolute Gasteiger partial charge is 0.479 e. The van der Waals surface area contributed by atoms with Gasteiger partial charge in [-0.05, 0) is 75.7 Å². The molecule has 6 heteroatoms. The molecule has 186 valence electrons. The Balaban J connectivity index is 0.000000166. The summed E-state index contributed by atoms with van der Waals surface area (Å²) in [6.07, 6.45) is 5.19. The number of nitrogens with zero attached hydrogens (tertiary/aromatic N) is 2. The first-order valence-electron chi connectivity index (χ1n) is 12.8. The van der Waals surface area contributed by atoms with Crippen molar-refractivity contribution in [1.82, 2.24) is 14.8 Å². The number of halogens is 1. The van der Waals surface area contributed by atoms with Crippen LogP contribution in [0.2, 0.25) is 0 Å². The molecule has 2 aromatic heterocycles. The Bertz CT molecular complexity index is 1030. The van der Waals surface area contributed by atoms with Crippen molar-refractivity contribution in [3.8, 4) is 5.06 Å². The Morgan fingerprint density at radius 3 is 2.76 bits per heavy atom. The van der Waals surface area contributed by atoms with Gasteiger partial charge in [-0.15, -0.1) is 11.3 Å². The zero-order valence-corrected chi connectivity index (χ0v) is 22.0. The van der Waals surface area contributed by atoms with E-state index >= 15 is 0 Å². The van der Waals surface area contributed by atoms with E-state index in [2.05, 4.69) is 64.3 Å². The number of nitrogens with one attached hydrogen (secondary N) is 1. The van der Waals surface area contributed by atoms with Crippen molar-refractivity contribution in [2.45, 2.75) is 77.7 Å². The molecule has 34 heavy (non-hydrogen) atoms. The Morgan fingerprint density at radius 2 is 2.03 bits per heavy atom. The minimum Gasteiger partial charge on any atom is -0.479 e. The van der Waals surface area contributed by atoms with Crippen LogP contribution in [-0.2, 0) is 13.0 Å². The van der Waals surface area contributed by atoms with Gasteiger partial charge in [0.05, 0.1) is 0 Å². The number of likely N-dealkylation sites (tertiary alicyclic amines) is 1. The van der Waals surface area contributed by atoms with Gasteiger partial charge < -0.3 is 9.72 Å². The van der Waals surface area contributed by atoms with Gasteiger partial charge in [0, 0.05) is 48.8 Å². The third-order valence-electron chi connectivity index (χ3n) is 6.80. The average molecular weight is 486 g/mol. The van der Waals surface area contributed by atoms with Crippen molar-refractivity contribution in [2.75, 3.05) is 26.2 Å². The van der Waals surface area contributed by atoms with Crippen molar-refractivity contribution < 1.29 is 9.13 Å². The fraction of sp³-hybridized carbons (Fsp3) is 0.571. The number of aromatic amines is 1. The highest BCUT2D eigenvalue weighted by Crippen LogP contribution is 2.31. The molecule has 2 unspecified atom stereocenters. The van der Waals surface area contributed by atoms with Crippen LogP contribution in [0.15, 0.2) is 41.8 Å². The number of ether oxygens (including phenoxy) is 1. The number of hydrogen-bond donors (Lipinski definition) is 1. The van der Waals surface area contributed by atoms with Crippen LogP contribution in [0.25, 0.3) is 10.9 Å². The highest BCUT2D eigenvalue weighted by atomic mass is 32.1. The summed E-state index contributed by atoms with van der Waals surface area (Å²) in [4.78, 5) is 8.24. The van der Waals surface area contributed by atoms with E-state index in [0.717, 1.165) is 24.6 Å². The molecule has 0 bridgehead atoms. The van der Waals surface area contributed by atoms with Crippen LogP contribution in [0.5, 0.6) is 5.06 Å². The smallest absolute Gasteiger partial charge is 0.174 e. The molecular formula is C28H40FN3OS. The summed E-state index contributed by atoms with van der Waals surface area (Å²) >= 11 is 1.69. The third-order valence-corrected chi connectivity index (χ3v) is 7.56. The number of H-pyrrole nitrogens is 1. The summed E-state index contributed by atoms with van der Waals surface area (Å²) in [7, 11) is 0. The summed E-state index contributed by atoms with van der Waals surface area (Å²) in [6, 6.07) is 12.9. The molecule has 3 aromatic rings. The molecule has 0 saturated carbocycles. The Kier molecular flexibility index (Phi) is 8.33. The van der Waals surface area contributed by atoms with Crippen LogP contribution in [0.4, 0.5) is 4.39 Å².